The summed E-state index contributed by atoms with van der Waals surface area (Å²) in [6, 6.07) is 4.82. The largest absolute Gasteiger partial charge is 0.496 e. The Kier molecular flexibility index (Phi) is 5.66. The van der Waals surface area contributed by atoms with Crippen molar-refractivity contribution in [2.45, 2.75) is 12.5 Å². The van der Waals surface area contributed by atoms with E-state index >= 15 is 0 Å². The highest BCUT2D eigenvalue weighted by Gasteiger charge is 2.26. The Hall–Kier alpha value is -1.93. The van der Waals surface area contributed by atoms with Crippen LogP contribution in [-0.2, 0) is 6.54 Å². The number of ether oxygens (including phenoxy) is 1. The number of rotatable bonds is 7. The molecule has 8 heteroatoms. The van der Waals surface area contributed by atoms with Gasteiger partial charge >= 0.3 is 0 Å². The number of methoxy groups -OCH3 is 1. The van der Waals surface area contributed by atoms with Crippen LogP contribution in [0.4, 0.5) is 8.78 Å². The van der Waals surface area contributed by atoms with Gasteiger partial charge < -0.3 is 26.1 Å². The average Bonchev–Trinajstić information content (AvgIpc) is 2.46. The maximum atomic E-state index is 12.8. The summed E-state index contributed by atoms with van der Waals surface area (Å²) in [5.41, 5.74) is 6.52. The molecule has 0 fully saturated rings. The first-order chi connectivity index (χ1) is 9.43. The van der Waals surface area contributed by atoms with Crippen molar-refractivity contribution in [2.75, 3.05) is 20.3 Å². The number of oxime groups is 1. The van der Waals surface area contributed by atoms with Gasteiger partial charge in [-0.15, -0.1) is 0 Å². The molecule has 0 atom stereocenters. The zero-order valence-corrected chi connectivity index (χ0v) is 10.9. The third-order valence-electron chi connectivity index (χ3n) is 2.59. The second kappa shape index (κ2) is 7.01. The molecule has 0 aliphatic carbocycles. The molecule has 6 nitrogen and oxygen atoms in total. The zero-order chi connectivity index (χ0) is 15.2. The number of nitrogens with one attached hydrogen (secondary N) is 1. The van der Waals surface area contributed by atoms with Crippen LogP contribution in [0.3, 0.4) is 0 Å². The Balaban J connectivity index is 2.78. The van der Waals surface area contributed by atoms with Crippen molar-refractivity contribution >= 4 is 5.84 Å². The summed E-state index contributed by atoms with van der Waals surface area (Å²) >= 11 is 0. The van der Waals surface area contributed by atoms with Crippen molar-refractivity contribution in [3.8, 4) is 5.75 Å². The predicted octanol–water partition coefficient (Wildman–Crippen LogP) is 0.507. The topological polar surface area (TPSA) is 100 Å². The van der Waals surface area contributed by atoms with Gasteiger partial charge in [-0.1, -0.05) is 11.2 Å². The molecule has 0 aliphatic rings. The van der Waals surface area contributed by atoms with Crippen molar-refractivity contribution in [1.82, 2.24) is 5.32 Å². The molecular weight excluding hydrogens is 272 g/mol. The van der Waals surface area contributed by atoms with Crippen LogP contribution in [0.25, 0.3) is 0 Å². The molecule has 5 N–H and O–H groups in total. The van der Waals surface area contributed by atoms with Gasteiger partial charge in [0.25, 0.3) is 5.92 Å². The highest BCUT2D eigenvalue weighted by molar-refractivity contribution is 5.99. The Morgan fingerprint density at radius 1 is 1.50 bits per heavy atom. The molecule has 0 spiro atoms. The number of hydrogen-bond donors (Lipinski definition) is 4. The molecule has 0 saturated heterocycles. The first-order valence-electron chi connectivity index (χ1n) is 5.77. The molecule has 0 unspecified atom stereocenters. The van der Waals surface area contributed by atoms with Crippen molar-refractivity contribution in [1.29, 1.82) is 0 Å². The maximum Gasteiger partial charge on any atom is 0.282 e. The molecule has 0 saturated carbocycles. The zero-order valence-electron chi connectivity index (χ0n) is 10.9. The van der Waals surface area contributed by atoms with E-state index < -0.39 is 19.1 Å². The highest BCUT2D eigenvalue weighted by atomic mass is 19.3. The van der Waals surface area contributed by atoms with Gasteiger partial charge in [0.05, 0.1) is 19.2 Å². The summed E-state index contributed by atoms with van der Waals surface area (Å²) in [4.78, 5) is 0. The minimum atomic E-state index is -3.17. The van der Waals surface area contributed by atoms with Crippen LogP contribution in [0.5, 0.6) is 5.75 Å². The molecule has 1 aromatic rings. The predicted molar refractivity (Wildman–Crippen MR) is 69.2 cm³/mol. The van der Waals surface area contributed by atoms with Crippen molar-refractivity contribution in [2.24, 2.45) is 10.9 Å². The number of nitrogens with zero attached hydrogens (tertiary/aromatic N) is 1. The first-order valence-corrected chi connectivity index (χ1v) is 5.77. The molecule has 0 aromatic heterocycles. The molecule has 0 heterocycles. The monoisotopic (exact) mass is 289 g/mol. The number of aliphatic hydroxyl groups excluding tert-OH is 1. The average molecular weight is 289 g/mol. The van der Waals surface area contributed by atoms with Crippen molar-refractivity contribution in [3.63, 3.8) is 0 Å². The van der Waals surface area contributed by atoms with Gasteiger partial charge in [0.2, 0.25) is 0 Å². The number of hydrogen-bond acceptors (Lipinski definition) is 5. The van der Waals surface area contributed by atoms with E-state index in [1.54, 1.807) is 18.2 Å². The lowest BCUT2D eigenvalue weighted by Gasteiger charge is -2.14. The van der Waals surface area contributed by atoms with Crippen LogP contribution in [-0.4, -0.2) is 42.3 Å². The molecular formula is C12H17F2N3O3. The number of alkyl halides is 2. The van der Waals surface area contributed by atoms with Gasteiger partial charge in [-0.3, -0.25) is 0 Å². The minimum absolute atomic E-state index is 0.135. The van der Waals surface area contributed by atoms with Crippen LogP contribution < -0.4 is 15.8 Å². The van der Waals surface area contributed by atoms with Crippen LogP contribution >= 0.6 is 0 Å². The highest BCUT2D eigenvalue weighted by Crippen LogP contribution is 2.20. The third-order valence-corrected chi connectivity index (χ3v) is 2.59. The van der Waals surface area contributed by atoms with E-state index in [0.29, 0.717) is 16.9 Å². The van der Waals surface area contributed by atoms with Gasteiger partial charge in [0.1, 0.15) is 12.4 Å². The number of halogens is 2. The fraction of sp³-hybridized carbons (Fsp3) is 0.417. The molecule has 0 bridgehead atoms. The van der Waals surface area contributed by atoms with E-state index in [0.717, 1.165) is 0 Å². The molecule has 20 heavy (non-hydrogen) atoms. The molecule has 0 radical (unpaired) electrons. The van der Waals surface area contributed by atoms with E-state index in [1.807, 2.05) is 0 Å². The van der Waals surface area contributed by atoms with Crippen LogP contribution in [0.15, 0.2) is 23.4 Å². The van der Waals surface area contributed by atoms with Gasteiger partial charge in [0.15, 0.2) is 5.84 Å². The quantitative estimate of drug-likeness (QED) is 0.254. The Morgan fingerprint density at radius 2 is 2.20 bits per heavy atom. The number of amidine groups is 1. The van der Waals surface area contributed by atoms with Crippen LogP contribution in [0.2, 0.25) is 0 Å². The maximum absolute atomic E-state index is 12.8. The van der Waals surface area contributed by atoms with E-state index in [2.05, 4.69) is 10.5 Å². The summed E-state index contributed by atoms with van der Waals surface area (Å²) in [6.07, 6.45) is 0. The molecule has 0 aliphatic heterocycles. The van der Waals surface area contributed by atoms with Gasteiger partial charge in [-0.2, -0.15) is 0 Å². The van der Waals surface area contributed by atoms with Gasteiger partial charge in [-0.05, 0) is 17.7 Å². The second-order valence-corrected chi connectivity index (χ2v) is 4.14. The summed E-state index contributed by atoms with van der Waals surface area (Å²) in [5, 5.41) is 22.5. The minimum Gasteiger partial charge on any atom is -0.496 e. The van der Waals surface area contributed by atoms with Crippen molar-refractivity contribution in [3.05, 3.63) is 29.3 Å². The van der Waals surface area contributed by atoms with E-state index in [9.17, 15) is 8.78 Å². The molecule has 1 rings (SSSR count). The summed E-state index contributed by atoms with van der Waals surface area (Å²) in [6.45, 7) is -1.71. The second-order valence-electron chi connectivity index (χ2n) is 4.14. The fourth-order valence-electron chi connectivity index (χ4n) is 1.56. The summed E-state index contributed by atoms with van der Waals surface area (Å²) < 4.78 is 30.7. The SMILES string of the molecule is COc1ccc(CNCC(F)(F)CO)cc1/C(N)=N/O. The molecule has 1 aromatic carbocycles. The Bertz CT molecular complexity index is 481. The summed E-state index contributed by atoms with van der Waals surface area (Å²) in [7, 11) is 1.43. The van der Waals surface area contributed by atoms with E-state index in [-0.39, 0.29) is 12.4 Å². The number of aliphatic hydroxyl groups is 1. The third kappa shape index (κ3) is 4.32. The van der Waals surface area contributed by atoms with Gasteiger partial charge in [-0.25, -0.2) is 8.78 Å². The fourth-order valence-corrected chi connectivity index (χ4v) is 1.56. The number of benzene rings is 1. The lowest BCUT2D eigenvalue weighted by Crippen LogP contribution is -2.35. The Morgan fingerprint density at radius 3 is 2.75 bits per heavy atom. The van der Waals surface area contributed by atoms with E-state index in [4.69, 9.17) is 20.8 Å². The summed E-state index contributed by atoms with van der Waals surface area (Å²) in [5.74, 6) is -2.89. The normalized spacial score (nSPS) is 12.5. The number of nitrogens with two attached hydrogens (primary N) is 1. The smallest absolute Gasteiger partial charge is 0.282 e. The molecule has 0 amide bonds. The van der Waals surface area contributed by atoms with Crippen molar-refractivity contribution < 1.29 is 23.8 Å². The molecule has 112 valence electrons. The van der Waals surface area contributed by atoms with Gasteiger partial charge in [0, 0.05) is 6.54 Å². The standard InChI is InChI=1S/C12H17F2N3O3/c1-20-10-3-2-8(4-9(10)11(15)17-19)5-16-6-12(13,14)7-18/h2-4,16,18-19H,5-7H2,1H3,(H2,15,17). The van der Waals surface area contributed by atoms with Crippen LogP contribution in [0.1, 0.15) is 11.1 Å². The lowest BCUT2D eigenvalue weighted by atomic mass is 10.1. The first kappa shape index (κ1) is 16.1. The van der Waals surface area contributed by atoms with E-state index in [1.165, 1.54) is 7.11 Å². The van der Waals surface area contributed by atoms with Crippen LogP contribution in [0, 0.1) is 0 Å². The Labute approximate surface area is 114 Å². The lowest BCUT2D eigenvalue weighted by molar-refractivity contribution is -0.0477.